The lowest BCUT2D eigenvalue weighted by Crippen LogP contribution is -2.43. The lowest BCUT2D eigenvalue weighted by Gasteiger charge is -2.36. The van der Waals surface area contributed by atoms with Gasteiger partial charge in [0.05, 0.1) is 24.4 Å². The monoisotopic (exact) mass is 335 g/mol. The number of aliphatic hydroxyl groups excluding tert-OH is 2. The first-order valence-electron chi connectivity index (χ1n) is 7.21. The predicted octanol–water partition coefficient (Wildman–Crippen LogP) is 2.82. The Morgan fingerprint density at radius 1 is 1.00 bits per heavy atom. The standard InChI is InChI=1S/C17H12F3NO3/c18-8-1-2-10-13(5-8)24-17(6-22,7-23)14-11-3-9(19)4-12(20)15(11)21-16(10)14/h1-5,21-23H,6-7H2. The second-order valence-corrected chi connectivity index (χ2v) is 5.74. The number of rotatable bonds is 2. The van der Waals surface area contributed by atoms with Gasteiger partial charge in [-0.25, -0.2) is 13.2 Å². The fourth-order valence-corrected chi connectivity index (χ4v) is 3.22. The van der Waals surface area contributed by atoms with E-state index in [1.165, 1.54) is 12.1 Å². The second-order valence-electron chi connectivity index (χ2n) is 5.74. The van der Waals surface area contributed by atoms with Gasteiger partial charge in [0.25, 0.3) is 0 Å². The number of aliphatic hydroxyl groups is 2. The molecule has 0 saturated carbocycles. The third-order valence-corrected chi connectivity index (χ3v) is 4.31. The van der Waals surface area contributed by atoms with Gasteiger partial charge >= 0.3 is 0 Å². The zero-order chi connectivity index (χ0) is 17.1. The van der Waals surface area contributed by atoms with Crippen molar-refractivity contribution in [3.63, 3.8) is 0 Å². The van der Waals surface area contributed by atoms with E-state index in [2.05, 4.69) is 4.98 Å². The Bertz CT molecular complexity index is 963. The summed E-state index contributed by atoms with van der Waals surface area (Å²) in [7, 11) is 0. The molecule has 0 saturated heterocycles. The average Bonchev–Trinajstić information content (AvgIpc) is 2.94. The number of H-pyrrole nitrogens is 1. The molecule has 4 rings (SSSR count). The zero-order valence-corrected chi connectivity index (χ0v) is 12.2. The smallest absolute Gasteiger partial charge is 0.182 e. The maximum absolute atomic E-state index is 14.1. The average molecular weight is 335 g/mol. The van der Waals surface area contributed by atoms with Crippen molar-refractivity contribution in [1.82, 2.24) is 4.98 Å². The number of hydrogen-bond acceptors (Lipinski definition) is 3. The topological polar surface area (TPSA) is 65.5 Å². The van der Waals surface area contributed by atoms with Crippen LogP contribution in [-0.2, 0) is 5.60 Å². The molecule has 0 atom stereocenters. The predicted molar refractivity (Wildman–Crippen MR) is 80.1 cm³/mol. The summed E-state index contributed by atoms with van der Waals surface area (Å²) in [6, 6.07) is 5.59. The minimum atomic E-state index is -1.64. The fourth-order valence-electron chi connectivity index (χ4n) is 3.22. The number of hydrogen-bond donors (Lipinski definition) is 3. The largest absolute Gasteiger partial charge is 0.477 e. The molecule has 124 valence electrons. The van der Waals surface area contributed by atoms with Crippen LogP contribution < -0.4 is 4.74 Å². The molecule has 0 fully saturated rings. The van der Waals surface area contributed by atoms with E-state index in [0.717, 1.165) is 18.2 Å². The van der Waals surface area contributed by atoms with Gasteiger partial charge in [0.1, 0.15) is 23.2 Å². The van der Waals surface area contributed by atoms with Crippen molar-refractivity contribution in [2.24, 2.45) is 0 Å². The Balaban J connectivity index is 2.15. The SMILES string of the molecule is OCC1(CO)Oc2cc(F)ccc2-c2[nH]c3c(F)cc(F)cc3c21. The molecule has 0 aliphatic carbocycles. The molecule has 1 aliphatic rings. The van der Waals surface area contributed by atoms with Gasteiger partial charge in [-0.3, -0.25) is 0 Å². The molecule has 2 heterocycles. The van der Waals surface area contributed by atoms with Gasteiger partial charge in [0, 0.05) is 28.6 Å². The molecule has 0 spiro atoms. The summed E-state index contributed by atoms with van der Waals surface area (Å²) in [5, 5.41) is 19.8. The molecule has 0 bridgehead atoms. The maximum atomic E-state index is 14.1. The van der Waals surface area contributed by atoms with E-state index < -0.39 is 36.3 Å². The molecule has 3 N–H and O–H groups in total. The molecule has 7 heteroatoms. The normalized spacial score (nSPS) is 15.0. The number of halogens is 3. The molecular weight excluding hydrogens is 323 g/mol. The van der Waals surface area contributed by atoms with Crippen molar-refractivity contribution in [3.8, 4) is 17.0 Å². The summed E-state index contributed by atoms with van der Waals surface area (Å²) in [6.45, 7) is -1.31. The summed E-state index contributed by atoms with van der Waals surface area (Å²) in [6.07, 6.45) is 0. The van der Waals surface area contributed by atoms with Crippen molar-refractivity contribution in [2.45, 2.75) is 5.60 Å². The Kier molecular flexibility index (Phi) is 3.13. The highest BCUT2D eigenvalue weighted by Gasteiger charge is 2.43. The molecule has 1 aromatic heterocycles. The highest BCUT2D eigenvalue weighted by Crippen LogP contribution is 2.48. The summed E-state index contributed by atoms with van der Waals surface area (Å²) in [4.78, 5) is 2.84. The minimum absolute atomic E-state index is 0.0217. The van der Waals surface area contributed by atoms with Crippen LogP contribution in [-0.4, -0.2) is 28.4 Å². The lowest BCUT2D eigenvalue weighted by atomic mass is 9.87. The second kappa shape index (κ2) is 4.99. The van der Waals surface area contributed by atoms with Crippen LogP contribution in [0.1, 0.15) is 5.56 Å². The Morgan fingerprint density at radius 3 is 2.46 bits per heavy atom. The van der Waals surface area contributed by atoms with Crippen LogP contribution in [0, 0.1) is 17.5 Å². The number of fused-ring (bicyclic) bond motifs is 5. The van der Waals surface area contributed by atoms with Gasteiger partial charge in [-0.1, -0.05) is 0 Å². The minimum Gasteiger partial charge on any atom is -0.477 e. The summed E-state index contributed by atoms with van der Waals surface area (Å²) >= 11 is 0. The van der Waals surface area contributed by atoms with Crippen LogP contribution in [0.2, 0.25) is 0 Å². The highest BCUT2D eigenvalue weighted by molar-refractivity contribution is 5.94. The summed E-state index contributed by atoms with van der Waals surface area (Å²) < 4.78 is 47.0. The maximum Gasteiger partial charge on any atom is 0.182 e. The molecule has 0 radical (unpaired) electrons. The van der Waals surface area contributed by atoms with Gasteiger partial charge in [-0.2, -0.15) is 0 Å². The molecule has 1 aliphatic heterocycles. The van der Waals surface area contributed by atoms with E-state index in [1.54, 1.807) is 0 Å². The van der Waals surface area contributed by atoms with E-state index in [9.17, 15) is 23.4 Å². The van der Waals surface area contributed by atoms with Crippen LogP contribution >= 0.6 is 0 Å². The van der Waals surface area contributed by atoms with Gasteiger partial charge in [0.2, 0.25) is 0 Å². The van der Waals surface area contributed by atoms with Crippen molar-refractivity contribution in [2.75, 3.05) is 13.2 Å². The molecule has 4 nitrogen and oxygen atoms in total. The van der Waals surface area contributed by atoms with Crippen LogP contribution in [0.3, 0.4) is 0 Å². The van der Waals surface area contributed by atoms with E-state index in [1.807, 2.05) is 0 Å². The van der Waals surface area contributed by atoms with E-state index in [-0.39, 0.29) is 22.2 Å². The van der Waals surface area contributed by atoms with Crippen molar-refractivity contribution < 1.29 is 28.1 Å². The number of aromatic nitrogens is 1. The third-order valence-electron chi connectivity index (χ3n) is 4.31. The number of benzene rings is 2. The van der Waals surface area contributed by atoms with E-state index in [4.69, 9.17) is 4.74 Å². The molecule has 0 unspecified atom stereocenters. The first-order valence-corrected chi connectivity index (χ1v) is 7.21. The Morgan fingerprint density at radius 2 is 1.75 bits per heavy atom. The highest BCUT2D eigenvalue weighted by atomic mass is 19.1. The van der Waals surface area contributed by atoms with Crippen molar-refractivity contribution in [1.29, 1.82) is 0 Å². The summed E-state index contributed by atoms with van der Waals surface area (Å²) in [5.41, 5.74) is -0.610. The molecule has 3 aromatic rings. The first kappa shape index (κ1) is 15.0. The van der Waals surface area contributed by atoms with Crippen LogP contribution in [0.5, 0.6) is 5.75 Å². The van der Waals surface area contributed by atoms with Gasteiger partial charge in [0.15, 0.2) is 5.60 Å². The van der Waals surface area contributed by atoms with Gasteiger partial charge in [-0.05, 0) is 18.2 Å². The fraction of sp³-hybridized carbons (Fsp3) is 0.176. The number of aromatic amines is 1. The van der Waals surface area contributed by atoms with Crippen molar-refractivity contribution >= 4 is 10.9 Å². The van der Waals surface area contributed by atoms with Gasteiger partial charge < -0.3 is 19.9 Å². The summed E-state index contributed by atoms with van der Waals surface area (Å²) in [5.74, 6) is -2.07. The Hall–Kier alpha value is -2.51. The van der Waals surface area contributed by atoms with Crippen LogP contribution in [0.4, 0.5) is 13.2 Å². The quantitative estimate of drug-likeness (QED) is 0.675. The number of nitrogens with one attached hydrogen (secondary N) is 1. The van der Waals surface area contributed by atoms with E-state index in [0.29, 0.717) is 11.3 Å². The number of ether oxygens (including phenoxy) is 1. The van der Waals surface area contributed by atoms with Gasteiger partial charge in [-0.15, -0.1) is 0 Å². The molecule has 2 aromatic carbocycles. The molecular formula is C17H12F3NO3. The third kappa shape index (κ3) is 1.88. The lowest BCUT2D eigenvalue weighted by molar-refractivity contribution is -0.0392. The van der Waals surface area contributed by atoms with Crippen LogP contribution in [0.15, 0.2) is 30.3 Å². The molecule has 24 heavy (non-hydrogen) atoms. The van der Waals surface area contributed by atoms with Crippen molar-refractivity contribution in [3.05, 3.63) is 53.3 Å². The molecule has 0 amide bonds. The zero-order valence-electron chi connectivity index (χ0n) is 12.2. The Labute approximate surface area is 134 Å². The van der Waals surface area contributed by atoms with E-state index >= 15 is 0 Å². The first-order chi connectivity index (χ1) is 11.5. The van der Waals surface area contributed by atoms with Crippen LogP contribution in [0.25, 0.3) is 22.2 Å².